The minimum absolute atomic E-state index is 0.179. The number of nitrogens with two attached hydrogens (primary N) is 1. The Labute approximate surface area is 113 Å². The first-order valence-corrected chi connectivity index (χ1v) is 6.99. The quantitative estimate of drug-likeness (QED) is 0.638. The Bertz CT molecular complexity index is 659. The Kier molecular flexibility index (Phi) is 2.97. The van der Waals surface area contributed by atoms with E-state index in [1.165, 1.54) is 24.0 Å². The summed E-state index contributed by atoms with van der Waals surface area (Å²) in [6, 6.07) is 6.33. The van der Waals surface area contributed by atoms with E-state index in [-0.39, 0.29) is 5.84 Å². The molecular formula is C16H19N3. The number of hydrogen-bond acceptors (Lipinski definition) is 2. The summed E-state index contributed by atoms with van der Waals surface area (Å²) in [5, 5.41) is 8.98. The van der Waals surface area contributed by atoms with Crippen LogP contribution in [-0.2, 0) is 19.3 Å². The van der Waals surface area contributed by atoms with Crippen LogP contribution in [0.25, 0.3) is 10.9 Å². The fraction of sp³-hybridized carbons (Fsp3) is 0.375. The molecule has 0 bridgehead atoms. The summed E-state index contributed by atoms with van der Waals surface area (Å²) in [6.07, 6.45) is 5.37. The molecule has 1 aliphatic carbocycles. The lowest BCUT2D eigenvalue weighted by Gasteiger charge is -2.20. The SMILES string of the molecule is CCc1ccc2nc3c(c(C(=N)N)c2c1)CCCC3. The fourth-order valence-corrected chi connectivity index (χ4v) is 3.00. The summed E-state index contributed by atoms with van der Waals surface area (Å²) >= 11 is 0. The lowest BCUT2D eigenvalue weighted by molar-refractivity contribution is 0.670. The summed E-state index contributed by atoms with van der Waals surface area (Å²) in [7, 11) is 0. The van der Waals surface area contributed by atoms with Gasteiger partial charge in [0.25, 0.3) is 0 Å². The highest BCUT2D eigenvalue weighted by Gasteiger charge is 2.19. The zero-order valence-electron chi connectivity index (χ0n) is 11.3. The van der Waals surface area contributed by atoms with Crippen molar-refractivity contribution in [2.45, 2.75) is 39.0 Å². The van der Waals surface area contributed by atoms with Crippen LogP contribution in [0.4, 0.5) is 0 Å². The maximum atomic E-state index is 7.94. The maximum absolute atomic E-state index is 7.94. The van der Waals surface area contributed by atoms with Gasteiger partial charge in [0.2, 0.25) is 0 Å². The van der Waals surface area contributed by atoms with Gasteiger partial charge in [-0.05, 0) is 55.4 Å². The van der Waals surface area contributed by atoms with Crippen molar-refractivity contribution in [1.82, 2.24) is 4.98 Å². The van der Waals surface area contributed by atoms with Gasteiger partial charge in [0.15, 0.2) is 0 Å². The summed E-state index contributed by atoms with van der Waals surface area (Å²) in [4.78, 5) is 4.78. The predicted molar refractivity (Wildman–Crippen MR) is 78.8 cm³/mol. The third-order valence-electron chi connectivity index (χ3n) is 4.00. The van der Waals surface area contributed by atoms with Crippen LogP contribution in [-0.4, -0.2) is 10.8 Å². The van der Waals surface area contributed by atoms with Gasteiger partial charge in [0.1, 0.15) is 5.84 Å². The minimum atomic E-state index is 0.179. The van der Waals surface area contributed by atoms with Crippen molar-refractivity contribution < 1.29 is 0 Å². The predicted octanol–water partition coefficient (Wildman–Crippen LogP) is 2.96. The lowest BCUT2D eigenvalue weighted by atomic mass is 9.89. The van der Waals surface area contributed by atoms with Gasteiger partial charge in [0.05, 0.1) is 5.52 Å². The zero-order chi connectivity index (χ0) is 13.4. The molecule has 3 rings (SSSR count). The molecule has 1 aromatic carbocycles. The van der Waals surface area contributed by atoms with Gasteiger partial charge in [-0.15, -0.1) is 0 Å². The number of pyridine rings is 1. The Morgan fingerprint density at radius 2 is 2.11 bits per heavy atom. The number of nitrogens with zero attached hydrogens (tertiary/aromatic N) is 1. The van der Waals surface area contributed by atoms with Gasteiger partial charge < -0.3 is 5.73 Å². The van der Waals surface area contributed by atoms with Crippen LogP contribution in [0.1, 0.15) is 42.1 Å². The molecule has 0 fully saturated rings. The van der Waals surface area contributed by atoms with E-state index in [0.29, 0.717) is 0 Å². The van der Waals surface area contributed by atoms with E-state index in [2.05, 4.69) is 25.1 Å². The molecule has 3 heteroatoms. The van der Waals surface area contributed by atoms with Crippen LogP contribution >= 0.6 is 0 Å². The second kappa shape index (κ2) is 4.65. The molecule has 0 unspecified atom stereocenters. The number of benzene rings is 1. The third kappa shape index (κ3) is 1.99. The van der Waals surface area contributed by atoms with Crippen LogP contribution in [0.15, 0.2) is 18.2 Å². The second-order valence-electron chi connectivity index (χ2n) is 5.24. The molecule has 0 radical (unpaired) electrons. The van der Waals surface area contributed by atoms with Gasteiger partial charge in [-0.1, -0.05) is 13.0 Å². The molecule has 1 aliphatic rings. The average Bonchev–Trinajstić information content (AvgIpc) is 2.43. The third-order valence-corrected chi connectivity index (χ3v) is 4.00. The van der Waals surface area contributed by atoms with Crippen molar-refractivity contribution in [2.24, 2.45) is 5.73 Å². The number of aryl methyl sites for hydroxylation is 2. The highest BCUT2D eigenvalue weighted by molar-refractivity contribution is 6.08. The highest BCUT2D eigenvalue weighted by Crippen LogP contribution is 2.29. The van der Waals surface area contributed by atoms with Crippen molar-refractivity contribution in [2.75, 3.05) is 0 Å². The Morgan fingerprint density at radius 1 is 1.32 bits per heavy atom. The summed E-state index contributed by atoms with van der Waals surface area (Å²) < 4.78 is 0. The lowest BCUT2D eigenvalue weighted by Crippen LogP contribution is -2.19. The molecule has 98 valence electrons. The van der Waals surface area contributed by atoms with Gasteiger partial charge in [-0.25, -0.2) is 0 Å². The van der Waals surface area contributed by atoms with Gasteiger partial charge in [0, 0.05) is 16.6 Å². The summed E-state index contributed by atoms with van der Waals surface area (Å²) in [5.74, 6) is 0.179. The standard InChI is InChI=1S/C16H19N3/c1-2-10-7-8-14-12(9-10)15(16(17)18)11-5-3-4-6-13(11)19-14/h7-9H,2-6H2,1H3,(H3,17,18). The maximum Gasteiger partial charge on any atom is 0.123 e. The van der Waals surface area contributed by atoms with Crippen molar-refractivity contribution in [1.29, 1.82) is 5.41 Å². The van der Waals surface area contributed by atoms with Crippen LogP contribution in [0.5, 0.6) is 0 Å². The van der Waals surface area contributed by atoms with Crippen LogP contribution in [0.2, 0.25) is 0 Å². The Hall–Kier alpha value is -1.90. The van der Waals surface area contributed by atoms with Crippen LogP contribution in [0.3, 0.4) is 0 Å². The molecule has 2 aromatic rings. The largest absolute Gasteiger partial charge is 0.384 e. The zero-order valence-corrected chi connectivity index (χ0v) is 11.3. The highest BCUT2D eigenvalue weighted by atomic mass is 14.7. The van der Waals surface area contributed by atoms with E-state index < -0.39 is 0 Å². The molecule has 1 aromatic heterocycles. The van der Waals surface area contributed by atoms with E-state index in [4.69, 9.17) is 16.1 Å². The molecule has 3 N–H and O–H groups in total. The summed E-state index contributed by atoms with van der Waals surface area (Å²) in [5.41, 5.74) is 11.4. The van der Waals surface area contributed by atoms with Crippen LogP contribution < -0.4 is 5.73 Å². The topological polar surface area (TPSA) is 62.8 Å². The molecule has 0 saturated carbocycles. The number of nitrogens with one attached hydrogen (secondary N) is 1. The first-order valence-electron chi connectivity index (χ1n) is 6.99. The Morgan fingerprint density at radius 3 is 2.84 bits per heavy atom. The molecule has 0 saturated heterocycles. The van der Waals surface area contributed by atoms with Gasteiger partial charge in [-0.3, -0.25) is 10.4 Å². The first-order chi connectivity index (χ1) is 9.20. The van der Waals surface area contributed by atoms with E-state index in [1.54, 1.807) is 0 Å². The molecule has 0 atom stereocenters. The number of aromatic nitrogens is 1. The molecule has 1 heterocycles. The van der Waals surface area contributed by atoms with E-state index in [9.17, 15) is 0 Å². The van der Waals surface area contributed by atoms with Gasteiger partial charge >= 0.3 is 0 Å². The van der Waals surface area contributed by atoms with Crippen LogP contribution in [0, 0.1) is 5.41 Å². The van der Waals surface area contributed by atoms with E-state index in [1.807, 2.05) is 0 Å². The normalized spacial score (nSPS) is 14.4. The van der Waals surface area contributed by atoms with E-state index >= 15 is 0 Å². The van der Waals surface area contributed by atoms with Crippen molar-refractivity contribution in [3.8, 4) is 0 Å². The first kappa shape index (κ1) is 12.2. The molecule has 19 heavy (non-hydrogen) atoms. The number of nitrogen functional groups attached to an aromatic ring is 1. The average molecular weight is 253 g/mol. The molecule has 0 amide bonds. The molecule has 0 spiro atoms. The summed E-state index contributed by atoms with van der Waals surface area (Å²) in [6.45, 7) is 2.14. The Balaban J connectivity index is 2.36. The molecule has 3 nitrogen and oxygen atoms in total. The van der Waals surface area contributed by atoms with Crippen molar-refractivity contribution in [3.05, 3.63) is 40.6 Å². The molecular weight excluding hydrogens is 234 g/mol. The molecule has 0 aliphatic heterocycles. The second-order valence-corrected chi connectivity index (χ2v) is 5.24. The minimum Gasteiger partial charge on any atom is -0.384 e. The number of fused-ring (bicyclic) bond motifs is 2. The monoisotopic (exact) mass is 253 g/mol. The number of rotatable bonds is 2. The smallest absolute Gasteiger partial charge is 0.123 e. The van der Waals surface area contributed by atoms with Gasteiger partial charge in [-0.2, -0.15) is 0 Å². The number of amidine groups is 1. The van der Waals surface area contributed by atoms with Crippen molar-refractivity contribution in [3.63, 3.8) is 0 Å². The van der Waals surface area contributed by atoms with Crippen molar-refractivity contribution >= 4 is 16.7 Å². The number of hydrogen-bond donors (Lipinski definition) is 2. The van der Waals surface area contributed by atoms with E-state index in [0.717, 1.165) is 41.4 Å². The fourth-order valence-electron chi connectivity index (χ4n) is 3.00.